The molecule has 0 radical (unpaired) electrons. The Hall–Kier alpha value is -0.660. The Morgan fingerprint density at radius 3 is 2.35 bits per heavy atom. The predicted molar refractivity (Wildman–Crippen MR) is 77.7 cm³/mol. The second kappa shape index (κ2) is 6.87. The van der Waals surface area contributed by atoms with Gasteiger partial charge in [-0.3, -0.25) is 4.79 Å². The monoisotopic (exact) mass is 306 g/mol. The molecule has 2 N–H and O–H groups in total. The molecular formula is C13H26N2O4S. The first-order valence-electron chi connectivity index (χ1n) is 7.19. The highest BCUT2D eigenvalue weighted by Crippen LogP contribution is 2.20. The highest BCUT2D eigenvalue weighted by Gasteiger charge is 2.30. The van der Waals surface area contributed by atoms with Crippen LogP contribution in [0.2, 0.25) is 0 Å². The summed E-state index contributed by atoms with van der Waals surface area (Å²) in [6.45, 7) is 6.21. The van der Waals surface area contributed by atoms with Crippen molar-refractivity contribution in [2.45, 2.75) is 45.6 Å². The Morgan fingerprint density at radius 1 is 1.35 bits per heavy atom. The first kappa shape index (κ1) is 17.4. The van der Waals surface area contributed by atoms with Crippen LogP contribution in [0.3, 0.4) is 0 Å². The van der Waals surface area contributed by atoms with Crippen LogP contribution in [0.5, 0.6) is 0 Å². The molecule has 6 nitrogen and oxygen atoms in total. The number of aliphatic hydroxyl groups is 1. The van der Waals surface area contributed by atoms with Crippen molar-refractivity contribution < 1.29 is 18.3 Å². The summed E-state index contributed by atoms with van der Waals surface area (Å²) in [5.74, 6) is -0.151. The molecule has 1 unspecified atom stereocenters. The van der Waals surface area contributed by atoms with Crippen LogP contribution < -0.4 is 5.32 Å². The molecule has 1 amide bonds. The topological polar surface area (TPSA) is 86.7 Å². The van der Waals surface area contributed by atoms with Gasteiger partial charge in [0.2, 0.25) is 15.9 Å². The Bertz CT molecular complexity index is 426. The maximum Gasteiger partial charge on any atom is 0.223 e. The summed E-state index contributed by atoms with van der Waals surface area (Å²) in [6, 6.07) is 0. The van der Waals surface area contributed by atoms with Gasteiger partial charge in [0.1, 0.15) is 0 Å². The van der Waals surface area contributed by atoms with Crippen LogP contribution >= 0.6 is 0 Å². The summed E-state index contributed by atoms with van der Waals surface area (Å²) in [5, 5.41) is 12.6. The molecule has 0 aromatic rings. The molecule has 0 aromatic heterocycles. The summed E-state index contributed by atoms with van der Waals surface area (Å²) in [5.41, 5.74) is -0.887. The van der Waals surface area contributed by atoms with Gasteiger partial charge >= 0.3 is 0 Å². The summed E-state index contributed by atoms with van der Waals surface area (Å²) in [7, 11) is -3.15. The Balaban J connectivity index is 2.44. The molecule has 1 atom stereocenters. The summed E-state index contributed by atoms with van der Waals surface area (Å²) in [6.07, 6.45) is 1.65. The lowest BCUT2D eigenvalue weighted by Crippen LogP contribution is -2.46. The molecule has 20 heavy (non-hydrogen) atoms. The Morgan fingerprint density at radius 2 is 1.90 bits per heavy atom. The molecular weight excluding hydrogens is 280 g/mol. The standard InChI is InChI=1S/C13H26N2O4S/c1-4-13(3,17)10-14-12(16)11-6-8-15(9-7-11)20(18,19)5-2/h11,17H,4-10H2,1-3H3,(H,14,16). The third kappa shape index (κ3) is 4.71. The van der Waals surface area contributed by atoms with E-state index < -0.39 is 15.6 Å². The number of carbonyl (C=O) groups is 1. The lowest BCUT2D eigenvalue weighted by atomic mass is 9.96. The molecule has 1 rings (SSSR count). The SMILES string of the molecule is CCC(C)(O)CNC(=O)C1CCN(S(=O)(=O)CC)CC1. The van der Waals surface area contributed by atoms with E-state index >= 15 is 0 Å². The van der Waals surface area contributed by atoms with Crippen molar-refractivity contribution in [1.82, 2.24) is 9.62 Å². The second-order valence-electron chi connectivity index (χ2n) is 5.64. The van der Waals surface area contributed by atoms with E-state index in [0.717, 1.165) is 0 Å². The lowest BCUT2D eigenvalue weighted by Gasteiger charge is -2.31. The van der Waals surface area contributed by atoms with E-state index in [2.05, 4.69) is 5.32 Å². The molecule has 0 bridgehead atoms. The summed E-state index contributed by atoms with van der Waals surface area (Å²) in [4.78, 5) is 12.0. The Kier molecular flexibility index (Phi) is 5.97. The van der Waals surface area contributed by atoms with Crippen molar-refractivity contribution in [3.63, 3.8) is 0 Å². The van der Waals surface area contributed by atoms with Gasteiger partial charge in [0, 0.05) is 25.6 Å². The fourth-order valence-corrected chi connectivity index (χ4v) is 3.26. The van der Waals surface area contributed by atoms with E-state index in [1.54, 1.807) is 13.8 Å². The second-order valence-corrected chi connectivity index (χ2v) is 7.90. The molecule has 1 saturated heterocycles. The normalized spacial score (nSPS) is 21.4. The van der Waals surface area contributed by atoms with Gasteiger partial charge in [-0.1, -0.05) is 6.92 Å². The van der Waals surface area contributed by atoms with Crippen LogP contribution in [0, 0.1) is 5.92 Å². The number of sulfonamides is 1. The van der Waals surface area contributed by atoms with E-state index in [1.807, 2.05) is 6.92 Å². The minimum Gasteiger partial charge on any atom is -0.388 e. The third-order valence-electron chi connectivity index (χ3n) is 3.99. The van der Waals surface area contributed by atoms with Gasteiger partial charge in [-0.05, 0) is 33.1 Å². The van der Waals surface area contributed by atoms with Gasteiger partial charge < -0.3 is 10.4 Å². The number of carbonyl (C=O) groups excluding carboxylic acids is 1. The quantitative estimate of drug-likeness (QED) is 0.740. The van der Waals surface area contributed by atoms with Crippen LogP contribution in [-0.4, -0.2) is 54.7 Å². The van der Waals surface area contributed by atoms with E-state index in [9.17, 15) is 18.3 Å². The molecule has 7 heteroatoms. The summed E-state index contributed by atoms with van der Waals surface area (Å²) < 4.78 is 24.9. The number of amides is 1. The van der Waals surface area contributed by atoms with Crippen molar-refractivity contribution in [2.24, 2.45) is 5.92 Å². The molecule has 118 valence electrons. The highest BCUT2D eigenvalue weighted by molar-refractivity contribution is 7.89. The van der Waals surface area contributed by atoms with Crippen molar-refractivity contribution in [2.75, 3.05) is 25.4 Å². The van der Waals surface area contributed by atoms with Gasteiger partial charge in [0.05, 0.1) is 11.4 Å². The number of rotatable bonds is 6. The van der Waals surface area contributed by atoms with Gasteiger partial charge in [0.25, 0.3) is 0 Å². The van der Waals surface area contributed by atoms with E-state index in [4.69, 9.17) is 0 Å². The molecule has 1 aliphatic rings. The van der Waals surface area contributed by atoms with Gasteiger partial charge in [-0.15, -0.1) is 0 Å². The average Bonchev–Trinajstić information content (AvgIpc) is 2.45. The first-order chi connectivity index (χ1) is 9.22. The lowest BCUT2D eigenvalue weighted by molar-refractivity contribution is -0.127. The van der Waals surface area contributed by atoms with Crippen molar-refractivity contribution in [3.05, 3.63) is 0 Å². The maximum atomic E-state index is 12.0. The van der Waals surface area contributed by atoms with Crippen LogP contribution in [0.1, 0.15) is 40.0 Å². The van der Waals surface area contributed by atoms with Gasteiger partial charge in [-0.2, -0.15) is 0 Å². The van der Waals surface area contributed by atoms with E-state index in [-0.39, 0.29) is 24.1 Å². The third-order valence-corrected chi connectivity index (χ3v) is 5.87. The van der Waals surface area contributed by atoms with Crippen LogP contribution in [0.4, 0.5) is 0 Å². The molecule has 1 aliphatic heterocycles. The minimum absolute atomic E-state index is 0.0905. The fraction of sp³-hybridized carbons (Fsp3) is 0.923. The van der Waals surface area contributed by atoms with E-state index in [1.165, 1.54) is 4.31 Å². The van der Waals surface area contributed by atoms with E-state index in [0.29, 0.717) is 32.4 Å². The average molecular weight is 306 g/mol. The molecule has 0 aromatic carbocycles. The molecule has 0 aliphatic carbocycles. The summed E-state index contributed by atoms with van der Waals surface area (Å²) >= 11 is 0. The predicted octanol–water partition coefficient (Wildman–Crippen LogP) is 0.325. The smallest absolute Gasteiger partial charge is 0.223 e. The van der Waals surface area contributed by atoms with Crippen LogP contribution in [0.15, 0.2) is 0 Å². The van der Waals surface area contributed by atoms with Gasteiger partial charge in [-0.25, -0.2) is 12.7 Å². The van der Waals surface area contributed by atoms with Gasteiger partial charge in [0.15, 0.2) is 0 Å². The number of hydrogen-bond donors (Lipinski definition) is 2. The first-order valence-corrected chi connectivity index (χ1v) is 8.80. The fourth-order valence-electron chi connectivity index (χ4n) is 2.13. The van der Waals surface area contributed by atoms with Crippen LogP contribution in [0.25, 0.3) is 0 Å². The van der Waals surface area contributed by atoms with Crippen LogP contribution in [-0.2, 0) is 14.8 Å². The zero-order chi connectivity index (χ0) is 15.4. The minimum atomic E-state index is -3.15. The molecule has 1 heterocycles. The number of nitrogens with one attached hydrogen (secondary N) is 1. The molecule has 0 saturated carbocycles. The molecule has 1 fully saturated rings. The van der Waals surface area contributed by atoms with Crippen molar-refractivity contribution in [3.8, 4) is 0 Å². The highest BCUT2D eigenvalue weighted by atomic mass is 32.2. The molecule has 0 spiro atoms. The van der Waals surface area contributed by atoms with Crippen molar-refractivity contribution in [1.29, 1.82) is 0 Å². The number of piperidine rings is 1. The Labute approximate surface area is 121 Å². The zero-order valence-corrected chi connectivity index (χ0v) is 13.4. The number of nitrogens with zero attached hydrogens (tertiary/aromatic N) is 1. The maximum absolute atomic E-state index is 12.0. The largest absolute Gasteiger partial charge is 0.388 e. The zero-order valence-electron chi connectivity index (χ0n) is 12.6. The number of hydrogen-bond acceptors (Lipinski definition) is 4. The van der Waals surface area contributed by atoms with Crippen molar-refractivity contribution >= 4 is 15.9 Å².